The molecule has 0 aromatic carbocycles. The molecule has 0 saturated carbocycles. The average molecular weight is 137 g/mol. The summed E-state index contributed by atoms with van der Waals surface area (Å²) >= 11 is 0. The van der Waals surface area contributed by atoms with Crippen LogP contribution in [0, 0.1) is 0 Å². The summed E-state index contributed by atoms with van der Waals surface area (Å²) in [5.74, 6) is 0.836. The molecule has 1 aliphatic rings. The molecular weight excluding hydrogens is 126 g/mol. The van der Waals surface area contributed by atoms with Crippen molar-refractivity contribution in [2.75, 3.05) is 6.54 Å². The Hall–Kier alpha value is -1.09. The van der Waals surface area contributed by atoms with Crippen molar-refractivity contribution in [1.82, 2.24) is 5.32 Å². The van der Waals surface area contributed by atoms with Gasteiger partial charge in [0.05, 0.1) is 0 Å². The maximum atomic E-state index is 5.30. The van der Waals surface area contributed by atoms with E-state index in [1.54, 1.807) is 6.21 Å². The minimum atomic E-state index is 0.521. The van der Waals surface area contributed by atoms with Gasteiger partial charge in [0.15, 0.2) is 0 Å². The van der Waals surface area contributed by atoms with Gasteiger partial charge in [-0.25, -0.2) is 4.99 Å². The maximum absolute atomic E-state index is 5.30. The van der Waals surface area contributed by atoms with E-state index in [1.807, 2.05) is 19.1 Å². The molecule has 0 saturated heterocycles. The quantitative estimate of drug-likeness (QED) is 0.548. The summed E-state index contributed by atoms with van der Waals surface area (Å²) in [4.78, 5) is 4.04. The molecule has 3 N–H and O–H groups in total. The molecule has 3 heteroatoms. The highest BCUT2D eigenvalue weighted by Crippen LogP contribution is 1.99. The standard InChI is InChI=1S/C7H11N3/c1-6-3-5-9-7(10-6)2-4-8/h2-3,5,10H,4,8H2,1H3/b7-2+. The van der Waals surface area contributed by atoms with Gasteiger partial charge in [-0.2, -0.15) is 0 Å². The molecule has 54 valence electrons. The lowest BCUT2D eigenvalue weighted by Crippen LogP contribution is -2.14. The summed E-state index contributed by atoms with van der Waals surface area (Å²) in [6, 6.07) is 0. The van der Waals surface area contributed by atoms with Crippen molar-refractivity contribution in [1.29, 1.82) is 0 Å². The van der Waals surface area contributed by atoms with Crippen LogP contribution in [0.5, 0.6) is 0 Å². The Bertz CT molecular complexity index is 198. The van der Waals surface area contributed by atoms with Crippen molar-refractivity contribution in [3.8, 4) is 0 Å². The third-order valence-corrected chi connectivity index (χ3v) is 1.17. The van der Waals surface area contributed by atoms with Gasteiger partial charge in [-0.05, 0) is 19.1 Å². The van der Waals surface area contributed by atoms with Gasteiger partial charge >= 0.3 is 0 Å². The fraction of sp³-hybridized carbons (Fsp3) is 0.286. The highest BCUT2D eigenvalue weighted by Gasteiger charge is 1.95. The first-order chi connectivity index (χ1) is 4.83. The maximum Gasteiger partial charge on any atom is 0.127 e. The van der Waals surface area contributed by atoms with Crippen LogP contribution < -0.4 is 11.1 Å². The Labute approximate surface area is 60.3 Å². The van der Waals surface area contributed by atoms with E-state index < -0.39 is 0 Å². The number of rotatable bonds is 1. The molecule has 0 aromatic rings. The van der Waals surface area contributed by atoms with E-state index >= 15 is 0 Å². The Kier molecular flexibility index (Phi) is 2.23. The molecule has 0 spiro atoms. The highest BCUT2D eigenvalue weighted by atomic mass is 15.0. The zero-order valence-electron chi connectivity index (χ0n) is 5.96. The normalized spacial score (nSPS) is 20.6. The fourth-order valence-electron chi connectivity index (χ4n) is 0.721. The van der Waals surface area contributed by atoms with E-state index in [4.69, 9.17) is 5.73 Å². The molecule has 0 aromatic heterocycles. The summed E-state index contributed by atoms with van der Waals surface area (Å²) < 4.78 is 0. The average Bonchev–Trinajstić information content (AvgIpc) is 1.88. The van der Waals surface area contributed by atoms with Crippen LogP contribution in [-0.4, -0.2) is 12.8 Å². The SMILES string of the molecule is CC1=CC=N/C(=C\CN)N1. The first kappa shape index (κ1) is 7.02. The minimum Gasteiger partial charge on any atom is -0.344 e. The van der Waals surface area contributed by atoms with Gasteiger partial charge in [0, 0.05) is 18.5 Å². The number of nitrogens with zero attached hydrogens (tertiary/aromatic N) is 1. The second kappa shape index (κ2) is 3.17. The number of hydrogen-bond donors (Lipinski definition) is 2. The van der Waals surface area contributed by atoms with Gasteiger partial charge in [0.25, 0.3) is 0 Å². The van der Waals surface area contributed by atoms with E-state index in [2.05, 4.69) is 10.3 Å². The number of nitrogens with one attached hydrogen (secondary N) is 1. The molecule has 0 bridgehead atoms. The van der Waals surface area contributed by atoms with Crippen molar-refractivity contribution in [3.05, 3.63) is 23.7 Å². The Balaban J connectivity index is 2.64. The molecule has 0 aliphatic carbocycles. The van der Waals surface area contributed by atoms with Crippen LogP contribution in [0.25, 0.3) is 0 Å². The number of allylic oxidation sites excluding steroid dienone is 2. The Morgan fingerprint density at radius 2 is 2.60 bits per heavy atom. The van der Waals surface area contributed by atoms with Crippen LogP contribution in [0.4, 0.5) is 0 Å². The van der Waals surface area contributed by atoms with E-state index in [0.29, 0.717) is 6.54 Å². The molecule has 0 radical (unpaired) electrons. The van der Waals surface area contributed by atoms with Crippen molar-refractivity contribution in [3.63, 3.8) is 0 Å². The molecule has 1 heterocycles. The second-order valence-electron chi connectivity index (χ2n) is 2.08. The van der Waals surface area contributed by atoms with Gasteiger partial charge in [-0.1, -0.05) is 0 Å². The lowest BCUT2D eigenvalue weighted by Gasteiger charge is -2.08. The first-order valence-corrected chi connectivity index (χ1v) is 3.21. The molecular formula is C7H11N3. The summed E-state index contributed by atoms with van der Waals surface area (Å²) in [6.45, 7) is 2.50. The smallest absolute Gasteiger partial charge is 0.127 e. The fourth-order valence-corrected chi connectivity index (χ4v) is 0.721. The van der Waals surface area contributed by atoms with Gasteiger partial charge in [-0.3, -0.25) is 0 Å². The molecule has 3 nitrogen and oxygen atoms in total. The molecule has 0 unspecified atom stereocenters. The molecule has 10 heavy (non-hydrogen) atoms. The van der Waals surface area contributed by atoms with Crippen molar-refractivity contribution in [2.24, 2.45) is 10.7 Å². The minimum absolute atomic E-state index is 0.521. The third kappa shape index (κ3) is 1.70. The predicted molar refractivity (Wildman–Crippen MR) is 42.5 cm³/mol. The molecule has 1 rings (SSSR count). The highest BCUT2D eigenvalue weighted by molar-refractivity contribution is 5.74. The lowest BCUT2D eigenvalue weighted by atomic mass is 10.4. The van der Waals surface area contributed by atoms with Crippen molar-refractivity contribution >= 4 is 6.21 Å². The summed E-state index contributed by atoms with van der Waals surface area (Å²) in [5, 5.41) is 3.06. The number of nitrogens with two attached hydrogens (primary N) is 1. The number of hydrogen-bond acceptors (Lipinski definition) is 3. The predicted octanol–water partition coefficient (Wildman–Crippen LogP) is 0.364. The molecule has 1 aliphatic heterocycles. The van der Waals surface area contributed by atoms with E-state index in [9.17, 15) is 0 Å². The van der Waals surface area contributed by atoms with Crippen LogP contribution in [0.15, 0.2) is 28.7 Å². The van der Waals surface area contributed by atoms with Crippen LogP contribution in [0.1, 0.15) is 6.92 Å². The summed E-state index contributed by atoms with van der Waals surface area (Å²) in [6.07, 6.45) is 5.51. The van der Waals surface area contributed by atoms with E-state index in [1.165, 1.54) is 0 Å². The topological polar surface area (TPSA) is 50.4 Å². The van der Waals surface area contributed by atoms with Crippen molar-refractivity contribution in [2.45, 2.75) is 6.92 Å². The van der Waals surface area contributed by atoms with Gasteiger partial charge in [0.2, 0.25) is 0 Å². The van der Waals surface area contributed by atoms with Crippen LogP contribution in [0.3, 0.4) is 0 Å². The van der Waals surface area contributed by atoms with E-state index in [0.717, 1.165) is 11.5 Å². The van der Waals surface area contributed by atoms with Gasteiger partial charge in [0.1, 0.15) is 5.82 Å². The van der Waals surface area contributed by atoms with Crippen molar-refractivity contribution < 1.29 is 0 Å². The third-order valence-electron chi connectivity index (χ3n) is 1.17. The Morgan fingerprint density at radius 3 is 3.20 bits per heavy atom. The Morgan fingerprint density at radius 1 is 1.80 bits per heavy atom. The molecule has 0 fully saturated rings. The largest absolute Gasteiger partial charge is 0.344 e. The van der Waals surface area contributed by atoms with E-state index in [-0.39, 0.29) is 0 Å². The summed E-state index contributed by atoms with van der Waals surface area (Å²) in [5.41, 5.74) is 6.39. The van der Waals surface area contributed by atoms with Gasteiger partial charge < -0.3 is 11.1 Å². The molecule has 0 atom stereocenters. The number of aliphatic imine (C=N–C) groups is 1. The van der Waals surface area contributed by atoms with Crippen LogP contribution in [-0.2, 0) is 0 Å². The monoisotopic (exact) mass is 137 g/mol. The second-order valence-corrected chi connectivity index (χ2v) is 2.08. The van der Waals surface area contributed by atoms with Gasteiger partial charge in [-0.15, -0.1) is 0 Å². The van der Waals surface area contributed by atoms with Crippen LogP contribution in [0.2, 0.25) is 0 Å². The molecule has 0 amide bonds. The zero-order chi connectivity index (χ0) is 7.40. The summed E-state index contributed by atoms with van der Waals surface area (Å²) in [7, 11) is 0. The van der Waals surface area contributed by atoms with Crippen LogP contribution >= 0.6 is 0 Å². The first-order valence-electron chi connectivity index (χ1n) is 3.21. The zero-order valence-corrected chi connectivity index (χ0v) is 5.96. The lowest BCUT2D eigenvalue weighted by molar-refractivity contribution is 0.927.